The van der Waals surface area contributed by atoms with Crippen molar-refractivity contribution in [2.24, 2.45) is 5.92 Å². The average Bonchev–Trinajstić information content (AvgIpc) is 2.26. The van der Waals surface area contributed by atoms with E-state index in [1.807, 2.05) is 51.1 Å². The predicted molar refractivity (Wildman–Crippen MR) is 68.7 cm³/mol. The van der Waals surface area contributed by atoms with Gasteiger partial charge in [-0.15, -0.1) is 11.8 Å². The molecule has 0 heterocycles. The summed E-state index contributed by atoms with van der Waals surface area (Å²) in [5.41, 5.74) is 0.879. The molecule has 0 saturated heterocycles. The monoisotopic (exact) mass is 238 g/mol. The Labute approximate surface area is 101 Å². The number of benzene rings is 1. The Hall–Kier alpha value is -0.960. The molecule has 1 aromatic rings. The van der Waals surface area contributed by atoms with Crippen LogP contribution in [0.1, 0.15) is 26.3 Å². The van der Waals surface area contributed by atoms with Crippen LogP contribution in [0, 0.1) is 5.92 Å². The van der Waals surface area contributed by atoms with Gasteiger partial charge in [-0.3, -0.25) is 4.79 Å². The van der Waals surface area contributed by atoms with Gasteiger partial charge in [-0.1, -0.05) is 51.1 Å². The van der Waals surface area contributed by atoms with Crippen molar-refractivity contribution in [1.82, 2.24) is 0 Å². The molecule has 2 nitrogen and oxygen atoms in total. The Morgan fingerprint density at radius 1 is 1.38 bits per heavy atom. The fraction of sp³-hybridized carbons (Fsp3) is 0.462. The van der Waals surface area contributed by atoms with Gasteiger partial charge in [0.25, 0.3) is 0 Å². The van der Waals surface area contributed by atoms with Crippen molar-refractivity contribution in [3.05, 3.63) is 35.9 Å². The summed E-state index contributed by atoms with van der Waals surface area (Å²) in [5, 5.41) is 9.56. The summed E-state index contributed by atoms with van der Waals surface area (Å²) in [6.45, 7) is 5.92. The topological polar surface area (TPSA) is 37.3 Å². The number of hydrogen-bond donors (Lipinski definition) is 1. The highest BCUT2D eigenvalue weighted by molar-refractivity contribution is 8.00. The van der Waals surface area contributed by atoms with Crippen LogP contribution < -0.4 is 0 Å². The zero-order valence-electron chi connectivity index (χ0n) is 9.93. The van der Waals surface area contributed by atoms with Crippen molar-refractivity contribution in [3.63, 3.8) is 0 Å². The lowest BCUT2D eigenvalue weighted by molar-refractivity contribution is -0.141. The summed E-state index contributed by atoms with van der Waals surface area (Å²) < 4.78 is -0.823. The molecule has 0 aliphatic rings. The molecule has 0 saturated carbocycles. The first kappa shape index (κ1) is 13.1. The van der Waals surface area contributed by atoms with Crippen molar-refractivity contribution in [1.29, 1.82) is 0 Å². The number of carbonyl (C=O) groups is 1. The second-order valence-electron chi connectivity index (χ2n) is 3.99. The minimum Gasteiger partial charge on any atom is -0.480 e. The van der Waals surface area contributed by atoms with Gasteiger partial charge in [-0.05, 0) is 17.2 Å². The van der Waals surface area contributed by atoms with E-state index < -0.39 is 10.7 Å². The number of hydrogen-bond acceptors (Lipinski definition) is 2. The van der Waals surface area contributed by atoms with Gasteiger partial charge in [0.1, 0.15) is 4.75 Å². The molecule has 88 valence electrons. The smallest absolute Gasteiger partial charge is 0.324 e. The normalized spacial score (nSPS) is 14.8. The van der Waals surface area contributed by atoms with Gasteiger partial charge >= 0.3 is 5.97 Å². The molecule has 0 aliphatic carbocycles. The summed E-state index contributed by atoms with van der Waals surface area (Å²) in [5.74, 6) is 0.0947. The van der Waals surface area contributed by atoms with Gasteiger partial charge in [0.15, 0.2) is 0 Å². The van der Waals surface area contributed by atoms with Crippen LogP contribution in [-0.2, 0) is 9.54 Å². The molecule has 0 amide bonds. The molecule has 0 bridgehead atoms. The van der Waals surface area contributed by atoms with Crippen molar-refractivity contribution < 1.29 is 9.90 Å². The van der Waals surface area contributed by atoms with Crippen LogP contribution in [0.4, 0.5) is 0 Å². The van der Waals surface area contributed by atoms with Crippen molar-refractivity contribution in [2.45, 2.75) is 25.5 Å². The molecule has 0 spiro atoms. The summed E-state index contributed by atoms with van der Waals surface area (Å²) in [4.78, 5) is 11.6. The Bertz CT molecular complexity index is 348. The summed E-state index contributed by atoms with van der Waals surface area (Å²) in [6.07, 6.45) is 0. The van der Waals surface area contributed by atoms with Gasteiger partial charge < -0.3 is 5.11 Å². The largest absolute Gasteiger partial charge is 0.480 e. The molecule has 1 N–H and O–H groups in total. The third-order valence-electron chi connectivity index (χ3n) is 2.71. The lowest BCUT2D eigenvalue weighted by Gasteiger charge is -2.33. The van der Waals surface area contributed by atoms with Crippen LogP contribution >= 0.6 is 11.8 Å². The van der Waals surface area contributed by atoms with Crippen molar-refractivity contribution in [2.75, 3.05) is 5.75 Å². The van der Waals surface area contributed by atoms with Crippen LogP contribution in [0.5, 0.6) is 0 Å². The summed E-state index contributed by atoms with van der Waals surface area (Å²) >= 11 is 1.49. The highest BCUT2D eigenvalue weighted by Crippen LogP contribution is 2.43. The maximum absolute atomic E-state index is 11.6. The lowest BCUT2D eigenvalue weighted by atomic mass is 9.87. The zero-order chi connectivity index (χ0) is 12.2. The number of thioether (sulfide) groups is 1. The van der Waals surface area contributed by atoms with E-state index in [1.165, 1.54) is 11.8 Å². The first-order chi connectivity index (χ1) is 7.55. The van der Waals surface area contributed by atoms with Crippen LogP contribution in [0.15, 0.2) is 30.3 Å². The molecular formula is C13H18O2S. The van der Waals surface area contributed by atoms with E-state index in [-0.39, 0.29) is 5.92 Å². The number of aliphatic carboxylic acids is 1. The van der Waals surface area contributed by atoms with E-state index in [4.69, 9.17) is 0 Å². The maximum atomic E-state index is 11.6. The first-order valence-corrected chi connectivity index (χ1v) is 6.47. The molecule has 0 aromatic heterocycles. The standard InChI is InChI=1S/C13H18O2S/c1-4-16-13(10(2)3,12(14)15)11-8-6-5-7-9-11/h5-10H,4H2,1-3H3,(H,14,15). The minimum absolute atomic E-state index is 0.0531. The lowest BCUT2D eigenvalue weighted by Crippen LogP contribution is -2.37. The molecule has 0 fully saturated rings. The molecule has 16 heavy (non-hydrogen) atoms. The molecule has 1 rings (SSSR count). The Balaban J connectivity index is 3.27. The van der Waals surface area contributed by atoms with E-state index in [0.29, 0.717) is 0 Å². The average molecular weight is 238 g/mol. The quantitative estimate of drug-likeness (QED) is 0.854. The predicted octanol–water partition coefficient (Wildman–Crippen LogP) is 3.38. The number of carboxylic acid groups (broad SMARTS) is 1. The van der Waals surface area contributed by atoms with Gasteiger partial charge in [0.05, 0.1) is 0 Å². The van der Waals surface area contributed by atoms with E-state index in [2.05, 4.69) is 0 Å². The second-order valence-corrected chi connectivity index (χ2v) is 5.50. The van der Waals surface area contributed by atoms with E-state index in [9.17, 15) is 9.90 Å². The van der Waals surface area contributed by atoms with Gasteiger partial charge in [-0.25, -0.2) is 0 Å². The number of rotatable bonds is 5. The fourth-order valence-electron chi connectivity index (χ4n) is 1.93. The molecule has 0 aliphatic heterocycles. The molecular weight excluding hydrogens is 220 g/mol. The zero-order valence-corrected chi connectivity index (χ0v) is 10.8. The molecule has 0 radical (unpaired) electrons. The van der Waals surface area contributed by atoms with Gasteiger partial charge in [0.2, 0.25) is 0 Å². The summed E-state index contributed by atoms with van der Waals surface area (Å²) in [6, 6.07) is 9.50. The SMILES string of the molecule is CCSC(C(=O)O)(c1ccccc1)C(C)C. The number of carboxylic acids is 1. The highest BCUT2D eigenvalue weighted by Gasteiger charge is 2.43. The first-order valence-electron chi connectivity index (χ1n) is 5.48. The van der Waals surface area contributed by atoms with Crippen LogP contribution in [0.25, 0.3) is 0 Å². The van der Waals surface area contributed by atoms with E-state index >= 15 is 0 Å². The Morgan fingerprint density at radius 3 is 2.31 bits per heavy atom. The van der Waals surface area contributed by atoms with Crippen LogP contribution in [0.3, 0.4) is 0 Å². The third-order valence-corrected chi connectivity index (χ3v) is 4.33. The van der Waals surface area contributed by atoms with E-state index in [0.717, 1.165) is 11.3 Å². The minimum atomic E-state index is -0.823. The molecule has 3 heteroatoms. The van der Waals surface area contributed by atoms with Crippen molar-refractivity contribution in [3.8, 4) is 0 Å². The van der Waals surface area contributed by atoms with Gasteiger partial charge in [-0.2, -0.15) is 0 Å². The van der Waals surface area contributed by atoms with Crippen LogP contribution in [-0.4, -0.2) is 16.8 Å². The Morgan fingerprint density at radius 2 is 1.94 bits per heavy atom. The molecule has 1 aromatic carbocycles. The maximum Gasteiger partial charge on any atom is 0.324 e. The molecule has 1 atom stereocenters. The Kier molecular flexibility index (Phi) is 4.42. The second kappa shape index (κ2) is 5.39. The van der Waals surface area contributed by atoms with Gasteiger partial charge in [0, 0.05) is 0 Å². The van der Waals surface area contributed by atoms with Crippen LogP contribution in [0.2, 0.25) is 0 Å². The summed E-state index contributed by atoms with van der Waals surface area (Å²) in [7, 11) is 0. The molecule has 1 unspecified atom stereocenters. The van der Waals surface area contributed by atoms with Crippen molar-refractivity contribution >= 4 is 17.7 Å². The third kappa shape index (κ3) is 2.24. The highest BCUT2D eigenvalue weighted by atomic mass is 32.2. The van der Waals surface area contributed by atoms with E-state index in [1.54, 1.807) is 0 Å². The fourth-order valence-corrected chi connectivity index (χ4v) is 3.14.